The molecule has 0 amide bonds. The third-order valence-corrected chi connectivity index (χ3v) is 4.60. The molecule has 0 atom stereocenters. The molecule has 0 saturated heterocycles. The molecule has 0 saturated carbocycles. The molecule has 21 heavy (non-hydrogen) atoms. The lowest BCUT2D eigenvalue weighted by atomic mass is 10.1. The molecule has 0 unspecified atom stereocenters. The normalized spacial score (nSPS) is 10.8. The molecule has 2 nitrogen and oxygen atoms in total. The molecule has 3 aromatic rings. The molecule has 1 aromatic heterocycles. The number of halogens is 2. The molecular formula is C16H12Cl2N2S. The zero-order chi connectivity index (χ0) is 14.7. The second-order valence-corrected chi connectivity index (χ2v) is 6.56. The van der Waals surface area contributed by atoms with Gasteiger partial charge in [-0.25, -0.2) is 0 Å². The Labute approximate surface area is 137 Å². The highest BCUT2D eigenvalue weighted by Crippen LogP contribution is 2.31. The summed E-state index contributed by atoms with van der Waals surface area (Å²) in [5.41, 5.74) is 2.29. The van der Waals surface area contributed by atoms with E-state index in [2.05, 4.69) is 10.2 Å². The van der Waals surface area contributed by atoms with Gasteiger partial charge in [-0.2, -0.15) is 5.10 Å². The Hall–Kier alpha value is -1.42. The number of rotatable bonds is 4. The van der Waals surface area contributed by atoms with Gasteiger partial charge in [-0.05, 0) is 42.0 Å². The first-order valence-electron chi connectivity index (χ1n) is 6.41. The first-order chi connectivity index (χ1) is 10.2. The maximum atomic E-state index is 5.91. The molecule has 0 radical (unpaired) electrons. The number of nitrogens with one attached hydrogen (secondary N) is 1. The van der Waals surface area contributed by atoms with Crippen molar-refractivity contribution in [1.82, 2.24) is 10.2 Å². The molecule has 0 bridgehead atoms. The van der Waals surface area contributed by atoms with E-state index in [1.807, 2.05) is 54.7 Å². The van der Waals surface area contributed by atoms with Gasteiger partial charge in [0.05, 0.1) is 16.8 Å². The van der Waals surface area contributed by atoms with Crippen LogP contribution in [0.25, 0.3) is 0 Å². The van der Waals surface area contributed by atoms with Crippen molar-refractivity contribution in [3.8, 4) is 0 Å². The number of aromatic amines is 1. The topological polar surface area (TPSA) is 28.7 Å². The highest BCUT2D eigenvalue weighted by atomic mass is 35.5. The van der Waals surface area contributed by atoms with Gasteiger partial charge in [0.2, 0.25) is 0 Å². The summed E-state index contributed by atoms with van der Waals surface area (Å²) in [5.74, 6) is 0. The molecule has 1 heterocycles. The van der Waals surface area contributed by atoms with Gasteiger partial charge in [0.15, 0.2) is 0 Å². The predicted molar refractivity (Wildman–Crippen MR) is 88.4 cm³/mol. The fourth-order valence-electron chi connectivity index (χ4n) is 1.95. The smallest absolute Gasteiger partial charge is 0.0630 e. The molecule has 5 heteroatoms. The largest absolute Gasteiger partial charge is 0.281 e. The Morgan fingerprint density at radius 1 is 0.905 bits per heavy atom. The van der Waals surface area contributed by atoms with E-state index in [1.54, 1.807) is 11.8 Å². The minimum atomic E-state index is 0.743. The van der Waals surface area contributed by atoms with E-state index in [0.29, 0.717) is 0 Å². The highest BCUT2D eigenvalue weighted by molar-refractivity contribution is 7.99. The van der Waals surface area contributed by atoms with Crippen LogP contribution in [0, 0.1) is 0 Å². The van der Waals surface area contributed by atoms with Crippen molar-refractivity contribution in [2.75, 3.05) is 0 Å². The van der Waals surface area contributed by atoms with Crippen molar-refractivity contribution in [2.24, 2.45) is 0 Å². The summed E-state index contributed by atoms with van der Waals surface area (Å²) >= 11 is 13.5. The summed E-state index contributed by atoms with van der Waals surface area (Å²) in [6, 6.07) is 15.7. The Kier molecular flexibility index (Phi) is 4.54. The van der Waals surface area contributed by atoms with E-state index in [-0.39, 0.29) is 0 Å². The van der Waals surface area contributed by atoms with Crippen LogP contribution in [0.15, 0.2) is 64.5 Å². The number of hydrogen-bond donors (Lipinski definition) is 1. The van der Waals surface area contributed by atoms with E-state index < -0.39 is 0 Å². The van der Waals surface area contributed by atoms with E-state index in [1.165, 1.54) is 5.56 Å². The van der Waals surface area contributed by atoms with E-state index in [0.717, 1.165) is 32.0 Å². The van der Waals surface area contributed by atoms with Crippen LogP contribution in [0.4, 0.5) is 0 Å². The van der Waals surface area contributed by atoms with Gasteiger partial charge in [-0.3, -0.25) is 5.10 Å². The zero-order valence-corrected chi connectivity index (χ0v) is 13.3. The Morgan fingerprint density at radius 3 is 2.19 bits per heavy atom. The molecule has 0 aliphatic carbocycles. The minimum Gasteiger partial charge on any atom is -0.281 e. The van der Waals surface area contributed by atoms with Crippen molar-refractivity contribution in [2.45, 2.75) is 16.2 Å². The van der Waals surface area contributed by atoms with E-state index in [4.69, 9.17) is 23.2 Å². The van der Waals surface area contributed by atoms with Crippen LogP contribution in [0.5, 0.6) is 0 Å². The lowest BCUT2D eigenvalue weighted by molar-refractivity contribution is 0.985. The van der Waals surface area contributed by atoms with Crippen molar-refractivity contribution >= 4 is 35.0 Å². The zero-order valence-electron chi connectivity index (χ0n) is 11.0. The Morgan fingerprint density at radius 2 is 1.52 bits per heavy atom. The number of aromatic nitrogens is 2. The van der Waals surface area contributed by atoms with Gasteiger partial charge in [0.25, 0.3) is 0 Å². The summed E-state index contributed by atoms with van der Waals surface area (Å²) in [4.78, 5) is 2.26. The lowest BCUT2D eigenvalue weighted by Crippen LogP contribution is -1.90. The van der Waals surface area contributed by atoms with Crippen LogP contribution in [-0.2, 0) is 6.42 Å². The molecule has 0 spiro atoms. The highest BCUT2D eigenvalue weighted by Gasteiger charge is 2.08. The molecule has 106 valence electrons. The molecule has 2 aromatic carbocycles. The van der Waals surface area contributed by atoms with Crippen LogP contribution in [0.1, 0.15) is 11.3 Å². The molecule has 1 N–H and O–H groups in total. The fraction of sp³-hybridized carbons (Fsp3) is 0.0625. The average Bonchev–Trinajstić information content (AvgIpc) is 2.91. The summed E-state index contributed by atoms with van der Waals surface area (Å²) < 4.78 is 0. The van der Waals surface area contributed by atoms with Gasteiger partial charge in [0, 0.05) is 21.4 Å². The third kappa shape index (κ3) is 3.82. The van der Waals surface area contributed by atoms with Crippen molar-refractivity contribution in [3.05, 3.63) is 76.0 Å². The quantitative estimate of drug-likeness (QED) is 0.686. The molecule has 0 aliphatic rings. The Bertz CT molecular complexity index is 659. The molecule has 0 fully saturated rings. The SMILES string of the molecule is Clc1ccc(Cc2[nH]ncc2Sc2ccc(Cl)cc2)cc1. The number of hydrogen-bond acceptors (Lipinski definition) is 2. The van der Waals surface area contributed by atoms with Crippen molar-refractivity contribution in [3.63, 3.8) is 0 Å². The van der Waals surface area contributed by atoms with Crippen molar-refractivity contribution in [1.29, 1.82) is 0 Å². The molecule has 3 rings (SSSR count). The molecule has 0 aliphatic heterocycles. The fourth-order valence-corrected chi connectivity index (χ4v) is 3.08. The summed E-state index contributed by atoms with van der Waals surface area (Å²) in [6.07, 6.45) is 2.65. The maximum Gasteiger partial charge on any atom is 0.0630 e. The molecular weight excluding hydrogens is 323 g/mol. The predicted octanol–water partition coefficient (Wildman–Crippen LogP) is 5.46. The van der Waals surface area contributed by atoms with Crippen LogP contribution >= 0.6 is 35.0 Å². The van der Waals surface area contributed by atoms with Gasteiger partial charge < -0.3 is 0 Å². The maximum absolute atomic E-state index is 5.91. The monoisotopic (exact) mass is 334 g/mol. The first kappa shape index (κ1) is 14.5. The second-order valence-electron chi connectivity index (χ2n) is 4.57. The van der Waals surface area contributed by atoms with Gasteiger partial charge in [-0.1, -0.05) is 47.1 Å². The number of H-pyrrole nitrogens is 1. The van der Waals surface area contributed by atoms with E-state index >= 15 is 0 Å². The first-order valence-corrected chi connectivity index (χ1v) is 7.98. The Balaban J connectivity index is 1.77. The van der Waals surface area contributed by atoms with Gasteiger partial charge in [0.1, 0.15) is 0 Å². The third-order valence-electron chi connectivity index (χ3n) is 3.01. The average molecular weight is 335 g/mol. The summed E-state index contributed by atoms with van der Waals surface area (Å²) in [7, 11) is 0. The van der Waals surface area contributed by atoms with Crippen LogP contribution in [0.3, 0.4) is 0 Å². The number of benzene rings is 2. The van der Waals surface area contributed by atoms with Crippen molar-refractivity contribution < 1.29 is 0 Å². The lowest BCUT2D eigenvalue weighted by Gasteiger charge is -2.04. The van der Waals surface area contributed by atoms with Gasteiger partial charge in [-0.15, -0.1) is 0 Å². The van der Waals surface area contributed by atoms with E-state index in [9.17, 15) is 0 Å². The van der Waals surface area contributed by atoms with Crippen LogP contribution < -0.4 is 0 Å². The standard InChI is InChI=1S/C16H12Cl2N2S/c17-12-3-1-11(2-4-12)9-15-16(10-19-20-15)21-14-7-5-13(18)6-8-14/h1-8,10H,9H2,(H,19,20). The minimum absolute atomic E-state index is 0.743. The number of nitrogens with zero attached hydrogens (tertiary/aromatic N) is 1. The summed E-state index contributed by atoms with van der Waals surface area (Å²) in [6.45, 7) is 0. The van der Waals surface area contributed by atoms with Crippen LogP contribution in [-0.4, -0.2) is 10.2 Å². The van der Waals surface area contributed by atoms with Gasteiger partial charge >= 0.3 is 0 Å². The summed E-state index contributed by atoms with van der Waals surface area (Å²) in [5, 5.41) is 8.71. The van der Waals surface area contributed by atoms with Crippen LogP contribution in [0.2, 0.25) is 10.0 Å². The second kappa shape index (κ2) is 6.56.